The van der Waals surface area contributed by atoms with Gasteiger partial charge in [0, 0.05) is 0 Å². The van der Waals surface area contributed by atoms with Crippen molar-refractivity contribution in [3.63, 3.8) is 0 Å². The number of hydrogen-bond acceptors (Lipinski definition) is 5. The molecule has 1 atom stereocenters. The highest BCUT2D eigenvalue weighted by Crippen LogP contribution is 2.03. The molecule has 1 unspecified atom stereocenters. The third-order valence-corrected chi connectivity index (χ3v) is 2.19. The Morgan fingerprint density at radius 3 is 2.11 bits per heavy atom. The Morgan fingerprint density at radius 2 is 1.63 bits per heavy atom. The topological polar surface area (TPSA) is 93.7 Å². The fourth-order valence-corrected chi connectivity index (χ4v) is 1.29. The molecule has 0 aliphatic carbocycles. The van der Waals surface area contributed by atoms with E-state index in [2.05, 4.69) is 15.4 Å². The van der Waals surface area contributed by atoms with Gasteiger partial charge in [-0.2, -0.15) is 0 Å². The number of urea groups is 1. The van der Waals surface area contributed by atoms with Crippen LogP contribution in [-0.2, 0) is 19.1 Å². The Morgan fingerprint density at radius 1 is 1.05 bits per heavy atom. The lowest BCUT2D eigenvalue weighted by Crippen LogP contribution is -2.50. The van der Waals surface area contributed by atoms with Gasteiger partial charge in [-0.1, -0.05) is 13.8 Å². The number of carbonyl (C=O) groups excluding carboxylic acids is 3. The van der Waals surface area contributed by atoms with Gasteiger partial charge in [-0.25, -0.2) is 9.59 Å². The summed E-state index contributed by atoms with van der Waals surface area (Å²) in [5.74, 6) is -1.15. The molecule has 0 heterocycles. The normalized spacial score (nSPS) is 11.6. The average Bonchev–Trinajstić information content (AvgIpc) is 2.33. The Balaban J connectivity index is 4.25. The highest BCUT2D eigenvalue weighted by Gasteiger charge is 2.25. The largest absolute Gasteiger partial charge is 0.465 e. The van der Waals surface area contributed by atoms with Crippen molar-refractivity contribution in [2.75, 3.05) is 19.8 Å². The first-order valence-corrected chi connectivity index (χ1v) is 6.28. The van der Waals surface area contributed by atoms with Gasteiger partial charge in [0.25, 0.3) is 0 Å². The summed E-state index contributed by atoms with van der Waals surface area (Å²) >= 11 is 0. The van der Waals surface area contributed by atoms with Crippen LogP contribution < -0.4 is 10.6 Å². The first-order valence-electron chi connectivity index (χ1n) is 6.28. The molecule has 0 rings (SSSR count). The van der Waals surface area contributed by atoms with E-state index in [-0.39, 0.29) is 25.7 Å². The molecule has 0 aromatic rings. The molecule has 19 heavy (non-hydrogen) atoms. The van der Waals surface area contributed by atoms with Gasteiger partial charge in [0.1, 0.15) is 12.6 Å². The molecule has 7 nitrogen and oxygen atoms in total. The van der Waals surface area contributed by atoms with E-state index in [1.807, 2.05) is 0 Å². The molecule has 0 saturated carbocycles. The summed E-state index contributed by atoms with van der Waals surface area (Å²) in [7, 11) is 0. The van der Waals surface area contributed by atoms with Crippen molar-refractivity contribution in [2.45, 2.75) is 33.7 Å². The highest BCUT2D eigenvalue weighted by atomic mass is 16.5. The van der Waals surface area contributed by atoms with Crippen molar-refractivity contribution < 1.29 is 23.9 Å². The number of esters is 2. The first-order chi connectivity index (χ1) is 8.92. The second-order valence-corrected chi connectivity index (χ2v) is 4.11. The van der Waals surface area contributed by atoms with Gasteiger partial charge in [0.2, 0.25) is 0 Å². The standard InChI is InChI=1S/C12H22N2O5/c1-5-18-9(15)7-13-12(17)14-10(8(3)4)11(16)19-6-2/h8,10H,5-7H2,1-4H3,(H2,13,14,17). The lowest BCUT2D eigenvalue weighted by atomic mass is 10.1. The van der Waals surface area contributed by atoms with Crippen LogP contribution in [0.1, 0.15) is 27.7 Å². The van der Waals surface area contributed by atoms with E-state index in [0.29, 0.717) is 0 Å². The Kier molecular flexibility index (Phi) is 8.32. The predicted octanol–water partition coefficient (Wildman–Crippen LogP) is 0.436. The number of rotatable bonds is 7. The van der Waals surface area contributed by atoms with Gasteiger partial charge in [-0.05, 0) is 19.8 Å². The average molecular weight is 274 g/mol. The summed E-state index contributed by atoms with van der Waals surface area (Å²) in [6, 6.07) is -1.36. The maximum Gasteiger partial charge on any atom is 0.328 e. The molecule has 0 aromatic carbocycles. The fraction of sp³-hybridized carbons (Fsp3) is 0.750. The number of hydrogen-bond donors (Lipinski definition) is 2. The molecular formula is C12H22N2O5. The maximum atomic E-state index is 11.6. The lowest BCUT2D eigenvalue weighted by Gasteiger charge is -2.20. The summed E-state index contributed by atoms with van der Waals surface area (Å²) in [5, 5.41) is 4.78. The molecule has 0 aliphatic rings. The third kappa shape index (κ3) is 7.28. The van der Waals surface area contributed by atoms with Crippen LogP contribution in [0.4, 0.5) is 4.79 Å². The minimum atomic E-state index is -0.748. The van der Waals surface area contributed by atoms with Crippen LogP contribution in [0.5, 0.6) is 0 Å². The van der Waals surface area contributed by atoms with Crippen LogP contribution >= 0.6 is 0 Å². The highest BCUT2D eigenvalue weighted by molar-refractivity contribution is 5.85. The number of nitrogens with one attached hydrogen (secondary N) is 2. The smallest absolute Gasteiger partial charge is 0.328 e. The number of ether oxygens (including phenoxy) is 2. The van der Waals surface area contributed by atoms with Crippen LogP contribution in [0, 0.1) is 5.92 Å². The summed E-state index contributed by atoms with van der Waals surface area (Å²) in [6.07, 6.45) is 0. The zero-order valence-electron chi connectivity index (χ0n) is 11.8. The number of amides is 2. The van der Waals surface area contributed by atoms with Gasteiger partial charge >= 0.3 is 18.0 Å². The molecule has 2 N–H and O–H groups in total. The summed E-state index contributed by atoms with van der Waals surface area (Å²) in [5.41, 5.74) is 0. The molecule has 0 aromatic heterocycles. The van der Waals surface area contributed by atoms with Crippen LogP contribution in [0.15, 0.2) is 0 Å². The molecule has 7 heteroatoms. The molecule has 2 amide bonds. The minimum Gasteiger partial charge on any atom is -0.465 e. The van der Waals surface area contributed by atoms with E-state index in [4.69, 9.17) is 4.74 Å². The van der Waals surface area contributed by atoms with E-state index in [1.54, 1.807) is 27.7 Å². The van der Waals surface area contributed by atoms with E-state index in [0.717, 1.165) is 0 Å². The van der Waals surface area contributed by atoms with Crippen molar-refractivity contribution in [3.8, 4) is 0 Å². The van der Waals surface area contributed by atoms with Gasteiger partial charge in [0.15, 0.2) is 0 Å². The molecule has 0 radical (unpaired) electrons. The third-order valence-electron chi connectivity index (χ3n) is 2.19. The van der Waals surface area contributed by atoms with E-state index < -0.39 is 24.0 Å². The molecule has 0 bridgehead atoms. The summed E-state index contributed by atoms with van der Waals surface area (Å²) in [6.45, 7) is 7.19. The van der Waals surface area contributed by atoms with Gasteiger partial charge in [0.05, 0.1) is 13.2 Å². The first kappa shape index (κ1) is 17.2. The molecular weight excluding hydrogens is 252 g/mol. The number of carbonyl (C=O) groups is 3. The lowest BCUT2D eigenvalue weighted by molar-refractivity contribution is -0.146. The van der Waals surface area contributed by atoms with Crippen LogP contribution in [0.3, 0.4) is 0 Å². The Bertz CT molecular complexity index is 317. The quantitative estimate of drug-likeness (QED) is 0.657. The van der Waals surface area contributed by atoms with Crippen molar-refractivity contribution >= 4 is 18.0 Å². The zero-order chi connectivity index (χ0) is 14.8. The fourth-order valence-electron chi connectivity index (χ4n) is 1.29. The molecule has 0 saturated heterocycles. The van der Waals surface area contributed by atoms with E-state index >= 15 is 0 Å². The zero-order valence-corrected chi connectivity index (χ0v) is 11.8. The van der Waals surface area contributed by atoms with Crippen molar-refractivity contribution in [2.24, 2.45) is 5.92 Å². The molecule has 110 valence electrons. The van der Waals surface area contributed by atoms with E-state index in [9.17, 15) is 14.4 Å². The maximum absolute atomic E-state index is 11.6. The molecule has 0 aliphatic heterocycles. The van der Waals surface area contributed by atoms with Crippen LogP contribution in [0.25, 0.3) is 0 Å². The second-order valence-electron chi connectivity index (χ2n) is 4.11. The summed E-state index contributed by atoms with van der Waals surface area (Å²) in [4.78, 5) is 34.2. The van der Waals surface area contributed by atoms with Crippen molar-refractivity contribution in [3.05, 3.63) is 0 Å². The Hall–Kier alpha value is -1.79. The van der Waals surface area contributed by atoms with Crippen molar-refractivity contribution in [1.82, 2.24) is 10.6 Å². The molecule has 0 fully saturated rings. The Labute approximate surface area is 113 Å². The monoisotopic (exact) mass is 274 g/mol. The van der Waals surface area contributed by atoms with Crippen LogP contribution in [-0.4, -0.2) is 43.8 Å². The van der Waals surface area contributed by atoms with E-state index in [1.165, 1.54) is 0 Å². The SMILES string of the molecule is CCOC(=O)CNC(=O)NC(C(=O)OCC)C(C)C. The predicted molar refractivity (Wildman–Crippen MR) is 68.4 cm³/mol. The van der Waals surface area contributed by atoms with Crippen molar-refractivity contribution in [1.29, 1.82) is 0 Å². The van der Waals surface area contributed by atoms with Gasteiger partial charge in [-0.15, -0.1) is 0 Å². The minimum absolute atomic E-state index is 0.118. The van der Waals surface area contributed by atoms with Crippen LogP contribution in [0.2, 0.25) is 0 Å². The van der Waals surface area contributed by atoms with Gasteiger partial charge in [-0.3, -0.25) is 4.79 Å². The second kappa shape index (κ2) is 9.18. The summed E-state index contributed by atoms with van der Waals surface area (Å²) < 4.78 is 9.51. The molecule has 0 spiro atoms. The van der Waals surface area contributed by atoms with Gasteiger partial charge < -0.3 is 20.1 Å².